The topological polar surface area (TPSA) is 78.9 Å². The Kier molecular flexibility index (Phi) is 46.4. The van der Waals surface area contributed by atoms with Gasteiger partial charge in [0, 0.05) is 19.3 Å². The van der Waals surface area contributed by atoms with Crippen LogP contribution in [0.4, 0.5) is 0 Å². The minimum atomic E-state index is -0.778. The van der Waals surface area contributed by atoms with Crippen LogP contribution in [0.2, 0.25) is 0 Å². The normalized spacial score (nSPS) is 12.5. The van der Waals surface area contributed by atoms with Crippen LogP contribution in [0, 0.1) is 0 Å². The van der Waals surface area contributed by atoms with E-state index in [1.54, 1.807) is 0 Å². The average molecular weight is 839 g/mol. The van der Waals surface area contributed by atoms with E-state index in [1.165, 1.54) is 109 Å². The average Bonchev–Trinajstić information content (AvgIpc) is 3.24. The molecule has 0 amide bonds. The van der Waals surface area contributed by atoms with Gasteiger partial charge in [0.1, 0.15) is 13.2 Å². The summed E-state index contributed by atoms with van der Waals surface area (Å²) in [6.45, 7) is 6.43. The molecule has 0 saturated heterocycles. The Morgan fingerprint density at radius 1 is 0.350 bits per heavy atom. The summed E-state index contributed by atoms with van der Waals surface area (Å²) in [5, 5.41) is 0. The second-order valence-electron chi connectivity index (χ2n) is 16.7. The first-order valence-electron chi connectivity index (χ1n) is 25.3. The first-order chi connectivity index (χ1) is 29.5. The second-order valence-corrected chi connectivity index (χ2v) is 16.7. The molecule has 1 unspecified atom stereocenters. The summed E-state index contributed by atoms with van der Waals surface area (Å²) in [4.78, 5) is 37.6. The molecule has 1 atom stereocenters. The van der Waals surface area contributed by atoms with Crippen LogP contribution in [-0.4, -0.2) is 37.2 Å². The smallest absolute Gasteiger partial charge is 0.306 e. The predicted molar refractivity (Wildman–Crippen MR) is 256 cm³/mol. The van der Waals surface area contributed by atoms with Gasteiger partial charge < -0.3 is 14.2 Å². The molecule has 0 aliphatic carbocycles. The standard InChI is InChI=1S/C54H94O6/c1-4-7-10-13-15-17-19-21-23-25-27-29-30-32-34-36-38-41-44-47-53(56)59-50-51(49-58-52(55)46-43-40-12-9-6-3)60-54(57)48-45-42-39-37-35-33-31-28-26-24-22-20-18-16-14-11-8-5-2/h7,10,15,17,21,23-24,26-27,29,51H,4-6,8-9,11-14,16,18-20,22,25,28,30-50H2,1-3H3/b10-7-,17-15-,23-21-,26-24-,29-27-. The molecule has 0 radical (unpaired) electrons. The Morgan fingerprint density at radius 3 is 1.03 bits per heavy atom. The van der Waals surface area contributed by atoms with E-state index in [0.29, 0.717) is 19.3 Å². The molecule has 0 aliphatic heterocycles. The maximum atomic E-state index is 12.7. The first-order valence-corrected chi connectivity index (χ1v) is 25.3. The van der Waals surface area contributed by atoms with Crippen molar-refractivity contribution in [2.45, 2.75) is 252 Å². The number of allylic oxidation sites excluding steroid dienone is 10. The van der Waals surface area contributed by atoms with E-state index >= 15 is 0 Å². The molecule has 60 heavy (non-hydrogen) atoms. The second kappa shape index (κ2) is 48.8. The van der Waals surface area contributed by atoms with Gasteiger partial charge in [-0.1, -0.05) is 204 Å². The third-order valence-electron chi connectivity index (χ3n) is 10.8. The lowest BCUT2D eigenvalue weighted by Crippen LogP contribution is -2.30. The van der Waals surface area contributed by atoms with Crippen LogP contribution in [-0.2, 0) is 28.6 Å². The molecule has 0 heterocycles. The Balaban J connectivity index is 4.20. The van der Waals surface area contributed by atoms with Gasteiger partial charge in [0.25, 0.3) is 0 Å². The summed E-state index contributed by atoms with van der Waals surface area (Å²) in [6, 6.07) is 0. The minimum absolute atomic E-state index is 0.0813. The summed E-state index contributed by atoms with van der Waals surface area (Å²) in [7, 11) is 0. The van der Waals surface area contributed by atoms with Crippen LogP contribution in [0.5, 0.6) is 0 Å². The summed E-state index contributed by atoms with van der Waals surface area (Å²) < 4.78 is 16.7. The van der Waals surface area contributed by atoms with E-state index in [2.05, 4.69) is 81.5 Å². The number of hydrogen-bond acceptors (Lipinski definition) is 6. The van der Waals surface area contributed by atoms with Crippen molar-refractivity contribution >= 4 is 17.9 Å². The summed E-state index contributed by atoms with van der Waals surface area (Å²) in [5.74, 6) is -0.911. The van der Waals surface area contributed by atoms with Gasteiger partial charge in [-0.2, -0.15) is 0 Å². The molecule has 6 heteroatoms. The van der Waals surface area contributed by atoms with E-state index in [1.807, 2.05) is 0 Å². The van der Waals surface area contributed by atoms with Crippen LogP contribution in [0.25, 0.3) is 0 Å². The molecular formula is C54H94O6. The number of carbonyl (C=O) groups excluding carboxylic acids is 3. The summed E-state index contributed by atoms with van der Waals surface area (Å²) in [6.07, 6.45) is 59.5. The zero-order valence-electron chi connectivity index (χ0n) is 39.5. The molecule has 0 N–H and O–H groups in total. The first kappa shape index (κ1) is 57.1. The van der Waals surface area contributed by atoms with Gasteiger partial charge in [-0.25, -0.2) is 0 Å². The van der Waals surface area contributed by atoms with Crippen molar-refractivity contribution in [1.29, 1.82) is 0 Å². The van der Waals surface area contributed by atoms with Crippen LogP contribution in [0.15, 0.2) is 60.8 Å². The third-order valence-corrected chi connectivity index (χ3v) is 10.8. The van der Waals surface area contributed by atoms with E-state index in [9.17, 15) is 14.4 Å². The molecule has 346 valence electrons. The highest BCUT2D eigenvalue weighted by atomic mass is 16.6. The van der Waals surface area contributed by atoms with Crippen LogP contribution >= 0.6 is 0 Å². The molecule has 0 saturated carbocycles. The van der Waals surface area contributed by atoms with E-state index < -0.39 is 6.10 Å². The monoisotopic (exact) mass is 839 g/mol. The SMILES string of the molecule is CC/C=C\C/C=C\C/C=C\C/C=C\CCCCCCCCC(=O)OCC(COC(=O)CCCCCCC)OC(=O)CCCCCCCCC/C=C\CCCCCCCCC. The maximum absolute atomic E-state index is 12.7. The van der Waals surface area contributed by atoms with Gasteiger partial charge in [-0.05, 0) is 83.5 Å². The van der Waals surface area contributed by atoms with Crippen molar-refractivity contribution in [2.24, 2.45) is 0 Å². The fourth-order valence-corrected chi connectivity index (χ4v) is 6.96. The molecule has 0 bridgehead atoms. The largest absolute Gasteiger partial charge is 0.462 e. The van der Waals surface area contributed by atoms with Crippen molar-refractivity contribution in [3.05, 3.63) is 60.8 Å². The van der Waals surface area contributed by atoms with Gasteiger partial charge in [-0.3, -0.25) is 14.4 Å². The summed E-state index contributed by atoms with van der Waals surface area (Å²) in [5.41, 5.74) is 0. The van der Waals surface area contributed by atoms with Gasteiger partial charge in [0.05, 0.1) is 0 Å². The van der Waals surface area contributed by atoms with Crippen LogP contribution < -0.4 is 0 Å². The van der Waals surface area contributed by atoms with E-state index in [-0.39, 0.29) is 31.1 Å². The number of carbonyl (C=O) groups is 3. The van der Waals surface area contributed by atoms with Crippen molar-refractivity contribution in [2.75, 3.05) is 13.2 Å². The molecule has 0 rings (SSSR count). The number of rotatable bonds is 45. The highest BCUT2D eigenvalue weighted by molar-refractivity contribution is 5.71. The number of ether oxygens (including phenoxy) is 3. The predicted octanol–water partition coefficient (Wildman–Crippen LogP) is 16.5. The molecule has 0 aromatic carbocycles. The van der Waals surface area contributed by atoms with Crippen molar-refractivity contribution in [3.8, 4) is 0 Å². The lowest BCUT2D eigenvalue weighted by molar-refractivity contribution is -0.167. The van der Waals surface area contributed by atoms with Gasteiger partial charge >= 0.3 is 17.9 Å². The Morgan fingerprint density at radius 2 is 0.650 bits per heavy atom. The van der Waals surface area contributed by atoms with E-state index in [4.69, 9.17) is 14.2 Å². The van der Waals surface area contributed by atoms with Gasteiger partial charge in [0.15, 0.2) is 6.10 Å². The summed E-state index contributed by atoms with van der Waals surface area (Å²) >= 11 is 0. The van der Waals surface area contributed by atoms with Crippen molar-refractivity contribution in [1.82, 2.24) is 0 Å². The van der Waals surface area contributed by atoms with Crippen LogP contribution in [0.1, 0.15) is 245 Å². The Bertz CT molecular complexity index is 1100. The highest BCUT2D eigenvalue weighted by Crippen LogP contribution is 2.14. The van der Waals surface area contributed by atoms with E-state index in [0.717, 1.165) is 96.3 Å². The zero-order valence-corrected chi connectivity index (χ0v) is 39.5. The fraction of sp³-hybridized carbons (Fsp3) is 0.759. The lowest BCUT2D eigenvalue weighted by Gasteiger charge is -2.18. The van der Waals surface area contributed by atoms with Gasteiger partial charge in [0.2, 0.25) is 0 Å². The van der Waals surface area contributed by atoms with Crippen LogP contribution in [0.3, 0.4) is 0 Å². The highest BCUT2D eigenvalue weighted by Gasteiger charge is 2.19. The third kappa shape index (κ3) is 46.2. The quantitative estimate of drug-likeness (QED) is 0.0263. The molecule has 0 spiro atoms. The van der Waals surface area contributed by atoms with Crippen molar-refractivity contribution in [3.63, 3.8) is 0 Å². The maximum Gasteiger partial charge on any atom is 0.306 e. The lowest BCUT2D eigenvalue weighted by atomic mass is 10.1. The minimum Gasteiger partial charge on any atom is -0.462 e. The number of unbranched alkanes of at least 4 members (excludes halogenated alkanes) is 24. The van der Waals surface area contributed by atoms with Gasteiger partial charge in [-0.15, -0.1) is 0 Å². The zero-order chi connectivity index (χ0) is 43.7. The molecule has 0 aliphatic rings. The Hall–Kier alpha value is -2.89. The number of hydrogen-bond donors (Lipinski definition) is 0. The molecule has 0 fully saturated rings. The molecule has 0 aromatic rings. The number of esters is 3. The molecule has 6 nitrogen and oxygen atoms in total. The molecule has 0 aromatic heterocycles. The van der Waals surface area contributed by atoms with Crippen molar-refractivity contribution < 1.29 is 28.6 Å². The Labute approximate surface area is 370 Å². The fourth-order valence-electron chi connectivity index (χ4n) is 6.96. The molecular weight excluding hydrogens is 745 g/mol.